The molecule has 1 N–H and O–H groups in total. The van der Waals surface area contributed by atoms with Gasteiger partial charge in [-0.2, -0.15) is 18.3 Å². The van der Waals surface area contributed by atoms with E-state index in [-0.39, 0.29) is 5.56 Å². The molecule has 1 aliphatic rings. The third kappa shape index (κ3) is 3.14. The van der Waals surface area contributed by atoms with Crippen LogP contribution >= 0.6 is 0 Å². The molecule has 0 amide bonds. The van der Waals surface area contributed by atoms with Gasteiger partial charge in [0.2, 0.25) is 0 Å². The number of halogens is 3. The maximum atomic E-state index is 13.1. The average molecular weight is 375 g/mol. The van der Waals surface area contributed by atoms with Gasteiger partial charge in [0.1, 0.15) is 6.04 Å². The van der Waals surface area contributed by atoms with Crippen molar-refractivity contribution in [1.29, 1.82) is 0 Å². The molecule has 1 aromatic carbocycles. The van der Waals surface area contributed by atoms with Crippen molar-refractivity contribution in [2.24, 2.45) is 0 Å². The smallest absolute Gasteiger partial charge is 0.339 e. The first-order valence-corrected chi connectivity index (χ1v) is 8.84. The fourth-order valence-corrected chi connectivity index (χ4v) is 3.71. The van der Waals surface area contributed by atoms with Gasteiger partial charge in [0.15, 0.2) is 5.65 Å². The molecular weight excluding hydrogens is 355 g/mol. The van der Waals surface area contributed by atoms with E-state index in [4.69, 9.17) is 0 Å². The molecule has 0 fully saturated rings. The summed E-state index contributed by atoms with van der Waals surface area (Å²) in [5, 5.41) is 6.86. The molecule has 3 heterocycles. The first kappa shape index (κ1) is 17.8. The summed E-state index contributed by atoms with van der Waals surface area (Å²) in [7, 11) is 1.32. The quantitative estimate of drug-likeness (QED) is 0.753. The number of alkyl halides is 3. The molecule has 8 heteroatoms. The summed E-state index contributed by atoms with van der Waals surface area (Å²) in [6, 6.07) is 6.79. The van der Waals surface area contributed by atoms with Gasteiger partial charge in [-0.15, -0.1) is 0 Å². The molecule has 142 valence electrons. The molecular formula is C19H20F3N5. The maximum absolute atomic E-state index is 13.1. The Morgan fingerprint density at radius 2 is 1.93 bits per heavy atom. The Labute approximate surface area is 154 Å². The van der Waals surface area contributed by atoms with E-state index in [9.17, 15) is 13.2 Å². The molecule has 27 heavy (non-hydrogen) atoms. The Morgan fingerprint density at radius 3 is 2.59 bits per heavy atom. The van der Waals surface area contributed by atoms with Crippen molar-refractivity contribution in [3.05, 3.63) is 53.5 Å². The second kappa shape index (κ2) is 6.53. The first-order chi connectivity index (χ1) is 12.9. The molecule has 4 rings (SSSR count). The van der Waals surface area contributed by atoms with E-state index in [1.807, 2.05) is 23.7 Å². The van der Waals surface area contributed by atoms with Crippen molar-refractivity contribution in [2.45, 2.75) is 32.0 Å². The van der Waals surface area contributed by atoms with Crippen LogP contribution in [0.3, 0.4) is 0 Å². The average Bonchev–Trinajstić information content (AvgIpc) is 3.02. The van der Waals surface area contributed by atoms with Crippen LogP contribution in [0.4, 0.5) is 24.5 Å². The molecule has 3 aromatic rings. The van der Waals surface area contributed by atoms with Gasteiger partial charge in [-0.25, -0.2) is 9.50 Å². The van der Waals surface area contributed by atoms with Crippen LogP contribution in [0.1, 0.15) is 29.4 Å². The summed E-state index contributed by atoms with van der Waals surface area (Å²) < 4.78 is 41.2. The second-order valence-corrected chi connectivity index (χ2v) is 6.76. The lowest BCUT2D eigenvalue weighted by molar-refractivity contribution is -0.156. The van der Waals surface area contributed by atoms with Crippen LogP contribution in [0.2, 0.25) is 0 Å². The number of fused-ring (bicyclic) bond motifs is 3. The van der Waals surface area contributed by atoms with Crippen molar-refractivity contribution >= 4 is 17.0 Å². The molecule has 0 saturated heterocycles. The molecule has 0 bridgehead atoms. The Hall–Kier alpha value is -2.61. The number of hydrogen-bond acceptors (Lipinski definition) is 4. The minimum absolute atomic E-state index is 0.197. The zero-order chi connectivity index (χ0) is 19.2. The lowest BCUT2D eigenvalue weighted by atomic mass is 10.0. The minimum atomic E-state index is -4.33. The van der Waals surface area contributed by atoms with Crippen molar-refractivity contribution in [1.82, 2.24) is 19.9 Å². The van der Waals surface area contributed by atoms with Gasteiger partial charge in [0.05, 0.1) is 23.3 Å². The van der Waals surface area contributed by atoms with E-state index in [0.29, 0.717) is 0 Å². The molecule has 1 aliphatic heterocycles. The highest BCUT2D eigenvalue weighted by atomic mass is 19.4. The summed E-state index contributed by atoms with van der Waals surface area (Å²) in [5.41, 5.74) is 4.79. The van der Waals surface area contributed by atoms with E-state index < -0.39 is 12.2 Å². The van der Waals surface area contributed by atoms with Crippen LogP contribution in [-0.2, 0) is 6.42 Å². The van der Waals surface area contributed by atoms with Gasteiger partial charge in [-0.3, -0.25) is 0 Å². The SMILES string of the molecule is CN[C@@H](c1ccc(N2CCCc3c2cnc2cc(C)nn32)cc1)C(F)(F)F. The predicted molar refractivity (Wildman–Crippen MR) is 97.3 cm³/mol. The second-order valence-electron chi connectivity index (χ2n) is 6.76. The zero-order valence-electron chi connectivity index (χ0n) is 15.1. The van der Waals surface area contributed by atoms with Crippen LogP contribution in [0, 0.1) is 6.92 Å². The standard InChI is InChI=1S/C19H20F3N5/c1-12-10-17-24-11-16-15(27(17)25-12)4-3-9-26(16)14-7-5-13(6-8-14)18(23-2)19(20,21)22/h5-8,10-11,18,23H,3-4,9H2,1-2H3/t18-/m0/s1. The van der Waals surface area contributed by atoms with Gasteiger partial charge in [0, 0.05) is 18.3 Å². The van der Waals surface area contributed by atoms with Crippen LogP contribution in [0.15, 0.2) is 36.5 Å². The van der Waals surface area contributed by atoms with Crippen molar-refractivity contribution in [2.75, 3.05) is 18.5 Å². The Morgan fingerprint density at radius 1 is 1.19 bits per heavy atom. The summed E-state index contributed by atoms with van der Waals surface area (Å²) in [6.07, 6.45) is -0.680. The summed E-state index contributed by atoms with van der Waals surface area (Å²) >= 11 is 0. The number of anilines is 2. The van der Waals surface area contributed by atoms with Gasteiger partial charge in [-0.05, 0) is 44.5 Å². The molecule has 2 aromatic heterocycles. The highest BCUT2D eigenvalue weighted by molar-refractivity contribution is 5.67. The third-order valence-electron chi connectivity index (χ3n) is 4.92. The number of rotatable bonds is 3. The Balaban J connectivity index is 1.70. The lowest BCUT2D eigenvalue weighted by Crippen LogP contribution is -2.31. The number of nitrogens with one attached hydrogen (secondary N) is 1. The number of nitrogens with zero attached hydrogens (tertiary/aromatic N) is 4. The van der Waals surface area contributed by atoms with Crippen LogP contribution in [-0.4, -0.2) is 34.4 Å². The van der Waals surface area contributed by atoms with Gasteiger partial charge in [-0.1, -0.05) is 12.1 Å². The van der Waals surface area contributed by atoms with Crippen molar-refractivity contribution in [3.8, 4) is 0 Å². The Kier molecular flexibility index (Phi) is 4.30. The minimum Gasteiger partial charge on any atom is -0.339 e. The van der Waals surface area contributed by atoms with E-state index in [1.165, 1.54) is 19.2 Å². The van der Waals surface area contributed by atoms with Gasteiger partial charge in [0.25, 0.3) is 0 Å². The van der Waals surface area contributed by atoms with E-state index in [0.717, 1.165) is 47.8 Å². The molecule has 5 nitrogen and oxygen atoms in total. The monoisotopic (exact) mass is 375 g/mol. The largest absolute Gasteiger partial charge is 0.407 e. The summed E-state index contributed by atoms with van der Waals surface area (Å²) in [6.45, 7) is 2.72. The topological polar surface area (TPSA) is 45.5 Å². The summed E-state index contributed by atoms with van der Waals surface area (Å²) in [5.74, 6) is 0. The molecule has 0 aliphatic carbocycles. The van der Waals surface area contributed by atoms with Gasteiger partial charge >= 0.3 is 6.18 Å². The van der Waals surface area contributed by atoms with Crippen molar-refractivity contribution < 1.29 is 13.2 Å². The first-order valence-electron chi connectivity index (χ1n) is 8.84. The van der Waals surface area contributed by atoms with Crippen LogP contribution in [0.25, 0.3) is 5.65 Å². The number of aryl methyl sites for hydroxylation is 2. The molecule has 0 spiro atoms. The molecule has 0 saturated carbocycles. The number of hydrogen-bond donors (Lipinski definition) is 1. The zero-order valence-corrected chi connectivity index (χ0v) is 15.1. The van der Waals surface area contributed by atoms with E-state index >= 15 is 0 Å². The summed E-state index contributed by atoms with van der Waals surface area (Å²) in [4.78, 5) is 6.57. The maximum Gasteiger partial charge on any atom is 0.407 e. The van der Waals surface area contributed by atoms with Crippen molar-refractivity contribution in [3.63, 3.8) is 0 Å². The fraction of sp³-hybridized carbons (Fsp3) is 0.368. The lowest BCUT2D eigenvalue weighted by Gasteiger charge is -2.31. The highest BCUT2D eigenvalue weighted by Gasteiger charge is 2.39. The van der Waals surface area contributed by atoms with E-state index in [1.54, 1.807) is 12.1 Å². The molecule has 0 unspecified atom stereocenters. The normalized spacial score (nSPS) is 15.8. The van der Waals surface area contributed by atoms with Crippen LogP contribution < -0.4 is 10.2 Å². The fourth-order valence-electron chi connectivity index (χ4n) is 3.71. The van der Waals surface area contributed by atoms with Gasteiger partial charge < -0.3 is 10.2 Å². The predicted octanol–water partition coefficient (Wildman–Crippen LogP) is 3.94. The Bertz CT molecular complexity index is 962. The van der Waals surface area contributed by atoms with Crippen LogP contribution in [0.5, 0.6) is 0 Å². The number of benzene rings is 1. The van der Waals surface area contributed by atoms with E-state index in [2.05, 4.69) is 20.3 Å². The third-order valence-corrected chi connectivity index (χ3v) is 4.92. The number of aromatic nitrogens is 3. The molecule has 0 radical (unpaired) electrons. The molecule has 1 atom stereocenters. The highest BCUT2D eigenvalue weighted by Crippen LogP contribution is 2.36.